The maximum Gasteiger partial charge on any atom is 0.222 e. The van der Waals surface area contributed by atoms with Gasteiger partial charge in [-0.25, -0.2) is 0 Å². The van der Waals surface area contributed by atoms with Crippen molar-refractivity contribution in [1.82, 2.24) is 10.2 Å². The van der Waals surface area contributed by atoms with Crippen molar-refractivity contribution in [3.8, 4) is 0 Å². The molecule has 0 bridgehead atoms. The molecular formula is C15H28N2O2. The van der Waals surface area contributed by atoms with E-state index in [-0.39, 0.29) is 0 Å². The van der Waals surface area contributed by atoms with Crippen LogP contribution < -0.4 is 5.32 Å². The van der Waals surface area contributed by atoms with Crippen LogP contribution in [0.25, 0.3) is 0 Å². The average molecular weight is 268 g/mol. The van der Waals surface area contributed by atoms with Gasteiger partial charge < -0.3 is 15.0 Å². The van der Waals surface area contributed by atoms with Crippen LogP contribution in [0.3, 0.4) is 0 Å². The van der Waals surface area contributed by atoms with Crippen molar-refractivity contribution in [2.75, 3.05) is 32.8 Å². The van der Waals surface area contributed by atoms with Gasteiger partial charge in [0.25, 0.3) is 0 Å². The molecule has 1 amide bonds. The summed E-state index contributed by atoms with van der Waals surface area (Å²) >= 11 is 0. The number of nitrogens with one attached hydrogen (secondary N) is 1. The standard InChI is InChI=1S/C15H28N2O2/c1-2-17(12-13-7-9-16-10-8-13)15(18)6-5-14-4-3-11-19-14/h13-14,16H,2-12H2,1H3. The van der Waals surface area contributed by atoms with Crippen molar-refractivity contribution < 1.29 is 9.53 Å². The molecule has 2 fully saturated rings. The molecule has 1 atom stereocenters. The summed E-state index contributed by atoms with van der Waals surface area (Å²) in [5.41, 5.74) is 0. The Morgan fingerprint density at radius 1 is 1.32 bits per heavy atom. The highest BCUT2D eigenvalue weighted by Gasteiger charge is 2.21. The second-order valence-electron chi connectivity index (χ2n) is 5.80. The molecule has 0 aliphatic carbocycles. The molecule has 19 heavy (non-hydrogen) atoms. The third kappa shape index (κ3) is 4.77. The molecule has 1 unspecified atom stereocenters. The number of carbonyl (C=O) groups is 1. The maximum atomic E-state index is 12.3. The van der Waals surface area contributed by atoms with Crippen molar-refractivity contribution in [1.29, 1.82) is 0 Å². The molecule has 0 aromatic heterocycles. The summed E-state index contributed by atoms with van der Waals surface area (Å²) < 4.78 is 5.59. The Bertz CT molecular complexity index is 271. The summed E-state index contributed by atoms with van der Waals surface area (Å²) in [6, 6.07) is 0. The van der Waals surface area contributed by atoms with E-state index in [1.54, 1.807) is 0 Å². The highest BCUT2D eigenvalue weighted by atomic mass is 16.5. The number of ether oxygens (including phenoxy) is 1. The Morgan fingerprint density at radius 2 is 2.11 bits per heavy atom. The Morgan fingerprint density at radius 3 is 2.74 bits per heavy atom. The lowest BCUT2D eigenvalue weighted by molar-refractivity contribution is -0.132. The summed E-state index contributed by atoms with van der Waals surface area (Å²) in [5, 5.41) is 3.38. The highest BCUT2D eigenvalue weighted by molar-refractivity contribution is 5.76. The smallest absolute Gasteiger partial charge is 0.222 e. The lowest BCUT2D eigenvalue weighted by Gasteiger charge is -2.29. The fraction of sp³-hybridized carbons (Fsp3) is 0.933. The monoisotopic (exact) mass is 268 g/mol. The molecule has 0 saturated carbocycles. The van der Waals surface area contributed by atoms with Gasteiger partial charge in [-0.05, 0) is 58.0 Å². The molecule has 2 aliphatic heterocycles. The number of hydrogen-bond acceptors (Lipinski definition) is 3. The summed E-state index contributed by atoms with van der Waals surface area (Å²) in [7, 11) is 0. The summed E-state index contributed by atoms with van der Waals surface area (Å²) in [6.07, 6.45) is 6.59. The summed E-state index contributed by atoms with van der Waals surface area (Å²) in [5.74, 6) is 1.00. The molecule has 0 radical (unpaired) electrons. The van der Waals surface area contributed by atoms with E-state index in [1.165, 1.54) is 12.8 Å². The Hall–Kier alpha value is -0.610. The quantitative estimate of drug-likeness (QED) is 0.798. The van der Waals surface area contributed by atoms with Gasteiger partial charge in [0.1, 0.15) is 0 Å². The van der Waals surface area contributed by atoms with Gasteiger partial charge in [0.15, 0.2) is 0 Å². The second kappa shape index (κ2) is 7.85. The van der Waals surface area contributed by atoms with Gasteiger partial charge >= 0.3 is 0 Å². The molecule has 2 saturated heterocycles. The van der Waals surface area contributed by atoms with E-state index in [2.05, 4.69) is 12.2 Å². The molecule has 2 heterocycles. The van der Waals surface area contributed by atoms with Crippen molar-refractivity contribution in [2.24, 2.45) is 5.92 Å². The Balaban J connectivity index is 1.70. The van der Waals surface area contributed by atoms with Crippen LogP contribution >= 0.6 is 0 Å². The van der Waals surface area contributed by atoms with Crippen LogP contribution in [0.5, 0.6) is 0 Å². The van der Waals surface area contributed by atoms with Crippen LogP contribution in [0.1, 0.15) is 45.4 Å². The van der Waals surface area contributed by atoms with Crippen LogP contribution in [-0.4, -0.2) is 49.7 Å². The fourth-order valence-electron chi connectivity index (χ4n) is 3.10. The Kier molecular flexibility index (Phi) is 6.11. The summed E-state index contributed by atoms with van der Waals surface area (Å²) in [6.45, 7) is 6.96. The number of rotatable bonds is 6. The minimum Gasteiger partial charge on any atom is -0.378 e. The largest absolute Gasteiger partial charge is 0.378 e. The number of nitrogens with zero attached hydrogens (tertiary/aromatic N) is 1. The SMILES string of the molecule is CCN(CC1CCNCC1)C(=O)CCC1CCCO1. The molecule has 1 N–H and O–H groups in total. The van der Waals surface area contributed by atoms with Gasteiger partial charge in [0.2, 0.25) is 5.91 Å². The fourth-order valence-corrected chi connectivity index (χ4v) is 3.10. The topological polar surface area (TPSA) is 41.6 Å². The molecule has 2 aliphatic rings. The van der Waals surface area contributed by atoms with E-state index in [9.17, 15) is 4.79 Å². The predicted octanol–water partition coefficient (Wildman–Crippen LogP) is 1.79. The second-order valence-corrected chi connectivity index (χ2v) is 5.80. The normalized spacial score (nSPS) is 24.6. The Labute approximate surface area is 116 Å². The minimum absolute atomic E-state index is 0.316. The molecule has 0 aromatic rings. The first-order chi connectivity index (χ1) is 9.29. The van der Waals surface area contributed by atoms with Crippen LogP contribution in [0.15, 0.2) is 0 Å². The van der Waals surface area contributed by atoms with E-state index in [4.69, 9.17) is 4.74 Å². The van der Waals surface area contributed by atoms with Crippen LogP contribution in [0.4, 0.5) is 0 Å². The van der Waals surface area contributed by atoms with Crippen LogP contribution in [-0.2, 0) is 9.53 Å². The van der Waals surface area contributed by atoms with Gasteiger partial charge in [-0.1, -0.05) is 0 Å². The molecule has 4 heteroatoms. The van der Waals surface area contributed by atoms with Gasteiger partial charge in [0.05, 0.1) is 6.10 Å². The lowest BCUT2D eigenvalue weighted by atomic mass is 9.97. The zero-order chi connectivity index (χ0) is 13.5. The van der Waals surface area contributed by atoms with Crippen molar-refractivity contribution in [3.05, 3.63) is 0 Å². The van der Waals surface area contributed by atoms with Gasteiger partial charge in [-0.3, -0.25) is 4.79 Å². The van der Waals surface area contributed by atoms with E-state index in [0.717, 1.165) is 52.0 Å². The zero-order valence-corrected chi connectivity index (χ0v) is 12.2. The maximum absolute atomic E-state index is 12.3. The van der Waals surface area contributed by atoms with Crippen molar-refractivity contribution in [2.45, 2.75) is 51.6 Å². The van der Waals surface area contributed by atoms with Crippen molar-refractivity contribution >= 4 is 5.91 Å². The van der Waals surface area contributed by atoms with Crippen molar-refractivity contribution in [3.63, 3.8) is 0 Å². The van der Waals surface area contributed by atoms with Gasteiger partial charge in [0, 0.05) is 26.1 Å². The number of carbonyl (C=O) groups excluding carboxylic acids is 1. The van der Waals surface area contributed by atoms with Gasteiger partial charge in [-0.2, -0.15) is 0 Å². The zero-order valence-electron chi connectivity index (χ0n) is 12.2. The third-order valence-electron chi connectivity index (χ3n) is 4.38. The molecule has 2 rings (SSSR count). The first-order valence-corrected chi connectivity index (χ1v) is 7.89. The molecule has 0 aromatic carbocycles. The summed E-state index contributed by atoms with van der Waals surface area (Å²) in [4.78, 5) is 14.3. The van der Waals surface area contributed by atoms with E-state index >= 15 is 0 Å². The molecule has 110 valence electrons. The highest BCUT2D eigenvalue weighted by Crippen LogP contribution is 2.18. The minimum atomic E-state index is 0.316. The van der Waals surface area contributed by atoms with E-state index in [1.807, 2.05) is 4.90 Å². The third-order valence-corrected chi connectivity index (χ3v) is 4.38. The predicted molar refractivity (Wildman–Crippen MR) is 76.1 cm³/mol. The van der Waals surface area contributed by atoms with Crippen LogP contribution in [0.2, 0.25) is 0 Å². The average Bonchev–Trinajstić information content (AvgIpc) is 2.96. The number of hydrogen-bond donors (Lipinski definition) is 1. The van der Waals surface area contributed by atoms with Crippen LogP contribution in [0, 0.1) is 5.92 Å². The van der Waals surface area contributed by atoms with E-state index < -0.39 is 0 Å². The first kappa shape index (κ1) is 14.8. The molecular weight excluding hydrogens is 240 g/mol. The molecule has 4 nitrogen and oxygen atoms in total. The number of piperidine rings is 1. The first-order valence-electron chi connectivity index (χ1n) is 7.89. The van der Waals surface area contributed by atoms with E-state index in [0.29, 0.717) is 24.3 Å². The molecule has 0 spiro atoms. The lowest BCUT2D eigenvalue weighted by Crippen LogP contribution is -2.39. The number of amides is 1. The van der Waals surface area contributed by atoms with Gasteiger partial charge in [-0.15, -0.1) is 0 Å².